The predicted molar refractivity (Wildman–Crippen MR) is 148 cm³/mol. The van der Waals surface area contributed by atoms with E-state index in [9.17, 15) is 0 Å². The first-order valence-corrected chi connectivity index (χ1v) is 12.7. The van der Waals surface area contributed by atoms with Crippen LogP contribution in [0.2, 0.25) is 0 Å². The Bertz CT molecular complexity index is 1660. The van der Waals surface area contributed by atoms with Gasteiger partial charge in [0, 0.05) is 68.8 Å². The second-order valence-corrected chi connectivity index (χ2v) is 9.54. The van der Waals surface area contributed by atoms with Gasteiger partial charge in [0.2, 0.25) is 0 Å². The van der Waals surface area contributed by atoms with Gasteiger partial charge in [0.25, 0.3) is 0 Å². The van der Waals surface area contributed by atoms with Crippen LogP contribution in [0.25, 0.3) is 39.1 Å². The zero-order chi connectivity index (χ0) is 24.6. The Kier molecular flexibility index (Phi) is 5.40. The van der Waals surface area contributed by atoms with Crippen molar-refractivity contribution in [2.45, 2.75) is 6.54 Å². The smallest absolute Gasteiger partial charge is 0.138 e. The van der Waals surface area contributed by atoms with E-state index >= 15 is 0 Å². The van der Waals surface area contributed by atoms with Gasteiger partial charge in [0.15, 0.2) is 0 Å². The van der Waals surface area contributed by atoms with E-state index in [-0.39, 0.29) is 0 Å². The molecule has 1 saturated heterocycles. The minimum absolute atomic E-state index is 0.902. The molecule has 37 heavy (non-hydrogen) atoms. The molecule has 0 atom stereocenters. The highest BCUT2D eigenvalue weighted by Gasteiger charge is 2.20. The fraction of sp³-hybridized carbons (Fsp3) is 0.167. The summed E-state index contributed by atoms with van der Waals surface area (Å²) in [6, 6.07) is 25.4. The first kappa shape index (κ1) is 21.8. The molecule has 0 saturated carbocycles. The Morgan fingerprint density at radius 2 is 1.54 bits per heavy atom. The largest absolute Gasteiger partial charge is 0.367 e. The summed E-state index contributed by atoms with van der Waals surface area (Å²) in [5.74, 6) is 0.902. The van der Waals surface area contributed by atoms with Crippen LogP contribution in [0.3, 0.4) is 0 Å². The van der Waals surface area contributed by atoms with E-state index in [1.807, 2.05) is 12.1 Å². The van der Waals surface area contributed by atoms with Gasteiger partial charge in [0.1, 0.15) is 11.3 Å². The normalized spacial score (nSPS) is 14.5. The van der Waals surface area contributed by atoms with E-state index in [0.29, 0.717) is 0 Å². The number of fused-ring (bicyclic) bond motifs is 2. The molecule has 4 heterocycles. The van der Waals surface area contributed by atoms with Crippen LogP contribution >= 0.6 is 0 Å². The molecule has 1 aliphatic heterocycles. The van der Waals surface area contributed by atoms with Crippen LogP contribution in [0.5, 0.6) is 0 Å². The van der Waals surface area contributed by atoms with Crippen molar-refractivity contribution >= 4 is 27.8 Å². The molecule has 6 aromatic rings. The molecule has 0 radical (unpaired) electrons. The molecule has 7 heteroatoms. The van der Waals surface area contributed by atoms with Crippen LogP contribution in [0.15, 0.2) is 97.6 Å². The summed E-state index contributed by atoms with van der Waals surface area (Å²) in [5.41, 5.74) is 8.71. The Hall–Kier alpha value is -4.49. The minimum atomic E-state index is 0.902. The third-order valence-electron chi connectivity index (χ3n) is 7.19. The number of nitrogens with one attached hydrogen (secondary N) is 1. The SMILES string of the molecule is c1cc(N2CCN(Cc3ccc4nccnc4c3)CC2)c2nc(-c3ccc(-n4cccc4)cc3)[nH]c2c1. The number of anilines is 1. The Morgan fingerprint density at radius 1 is 0.757 bits per heavy atom. The van der Waals surface area contributed by atoms with Gasteiger partial charge >= 0.3 is 0 Å². The average molecular weight is 486 g/mol. The number of aromatic amines is 1. The van der Waals surface area contributed by atoms with Crippen molar-refractivity contribution in [2.75, 3.05) is 31.1 Å². The van der Waals surface area contributed by atoms with Crippen LogP contribution in [-0.4, -0.2) is 55.6 Å². The predicted octanol–water partition coefficient (Wildman–Crippen LogP) is 5.29. The number of H-pyrrole nitrogens is 1. The lowest BCUT2D eigenvalue weighted by Gasteiger charge is -2.36. The standard InChI is InChI=1S/C30H27N7/c1-2-15-36(14-1)24-9-7-23(8-10-24)30-33-26-4-3-5-28(29(26)34-30)37-18-16-35(17-19-37)21-22-6-11-25-27(20-22)32-13-12-31-25/h1-15,20H,16-19,21H2,(H,33,34). The molecule has 0 unspecified atom stereocenters. The molecule has 3 aromatic carbocycles. The second kappa shape index (κ2) is 9.19. The third kappa shape index (κ3) is 4.23. The zero-order valence-corrected chi connectivity index (χ0v) is 20.5. The first-order valence-electron chi connectivity index (χ1n) is 12.7. The topological polar surface area (TPSA) is 65.9 Å². The Labute approximate surface area is 215 Å². The van der Waals surface area contributed by atoms with Gasteiger partial charge in [-0.05, 0) is 66.2 Å². The fourth-order valence-corrected chi connectivity index (χ4v) is 5.22. The maximum absolute atomic E-state index is 5.04. The molecule has 7 rings (SSSR count). The maximum atomic E-state index is 5.04. The molecule has 0 amide bonds. The van der Waals surface area contributed by atoms with Crippen molar-refractivity contribution in [3.63, 3.8) is 0 Å². The molecule has 1 N–H and O–H groups in total. The van der Waals surface area contributed by atoms with Crippen molar-refractivity contribution < 1.29 is 0 Å². The number of benzene rings is 3. The number of piperazine rings is 1. The molecular weight excluding hydrogens is 458 g/mol. The molecule has 1 aliphatic rings. The van der Waals surface area contributed by atoms with Gasteiger partial charge in [-0.3, -0.25) is 14.9 Å². The van der Waals surface area contributed by atoms with Crippen molar-refractivity contribution in [2.24, 2.45) is 0 Å². The van der Waals surface area contributed by atoms with Crippen LogP contribution in [0, 0.1) is 0 Å². The van der Waals surface area contributed by atoms with Crippen molar-refractivity contribution in [3.05, 3.63) is 103 Å². The lowest BCUT2D eigenvalue weighted by atomic mass is 10.1. The first-order chi connectivity index (χ1) is 18.3. The number of imidazole rings is 1. The van der Waals surface area contributed by atoms with Gasteiger partial charge in [-0.2, -0.15) is 0 Å². The molecule has 0 aliphatic carbocycles. The molecule has 0 spiro atoms. The maximum Gasteiger partial charge on any atom is 0.138 e. The molecule has 7 nitrogen and oxygen atoms in total. The monoisotopic (exact) mass is 485 g/mol. The van der Waals surface area contributed by atoms with Crippen molar-refractivity contribution in [1.82, 2.24) is 29.4 Å². The van der Waals surface area contributed by atoms with E-state index in [0.717, 1.165) is 71.9 Å². The summed E-state index contributed by atoms with van der Waals surface area (Å²) in [6.07, 6.45) is 7.60. The highest BCUT2D eigenvalue weighted by Crippen LogP contribution is 2.29. The van der Waals surface area contributed by atoms with Gasteiger partial charge < -0.3 is 14.5 Å². The summed E-state index contributed by atoms with van der Waals surface area (Å²) >= 11 is 0. The lowest BCUT2D eigenvalue weighted by Crippen LogP contribution is -2.46. The van der Waals surface area contributed by atoms with Gasteiger partial charge in [-0.25, -0.2) is 4.98 Å². The van der Waals surface area contributed by atoms with Crippen molar-refractivity contribution in [3.8, 4) is 17.1 Å². The Balaban J connectivity index is 1.07. The summed E-state index contributed by atoms with van der Waals surface area (Å²) in [4.78, 5) is 22.4. The average Bonchev–Trinajstić information content (AvgIpc) is 3.64. The summed E-state index contributed by atoms with van der Waals surface area (Å²) < 4.78 is 2.11. The van der Waals surface area contributed by atoms with E-state index in [2.05, 4.69) is 102 Å². The lowest BCUT2D eigenvalue weighted by molar-refractivity contribution is 0.250. The van der Waals surface area contributed by atoms with Gasteiger partial charge in [-0.1, -0.05) is 12.1 Å². The number of hydrogen-bond acceptors (Lipinski definition) is 5. The second-order valence-electron chi connectivity index (χ2n) is 9.54. The third-order valence-corrected chi connectivity index (χ3v) is 7.19. The number of nitrogens with zero attached hydrogens (tertiary/aromatic N) is 6. The highest BCUT2D eigenvalue weighted by atomic mass is 15.3. The summed E-state index contributed by atoms with van der Waals surface area (Å²) in [5, 5.41) is 0. The zero-order valence-electron chi connectivity index (χ0n) is 20.5. The van der Waals surface area contributed by atoms with Crippen LogP contribution in [-0.2, 0) is 6.54 Å². The minimum Gasteiger partial charge on any atom is -0.367 e. The Morgan fingerprint density at radius 3 is 2.35 bits per heavy atom. The van der Waals surface area contributed by atoms with Gasteiger partial charge in [0.05, 0.1) is 22.2 Å². The van der Waals surface area contributed by atoms with Crippen molar-refractivity contribution in [1.29, 1.82) is 0 Å². The number of para-hydroxylation sites is 1. The summed E-state index contributed by atoms with van der Waals surface area (Å²) in [6.45, 7) is 4.89. The highest BCUT2D eigenvalue weighted by molar-refractivity contribution is 5.91. The number of aromatic nitrogens is 5. The van der Waals surface area contributed by atoms with E-state index < -0.39 is 0 Å². The number of rotatable bonds is 5. The van der Waals surface area contributed by atoms with E-state index in [4.69, 9.17) is 4.98 Å². The fourth-order valence-electron chi connectivity index (χ4n) is 5.22. The number of hydrogen-bond donors (Lipinski definition) is 1. The molecule has 1 fully saturated rings. The van der Waals surface area contributed by atoms with Crippen LogP contribution in [0.4, 0.5) is 5.69 Å². The summed E-state index contributed by atoms with van der Waals surface area (Å²) in [7, 11) is 0. The van der Waals surface area contributed by atoms with E-state index in [1.165, 1.54) is 11.3 Å². The van der Waals surface area contributed by atoms with Crippen LogP contribution in [0.1, 0.15) is 5.56 Å². The molecular formula is C30H27N7. The van der Waals surface area contributed by atoms with Crippen LogP contribution < -0.4 is 4.90 Å². The van der Waals surface area contributed by atoms with E-state index in [1.54, 1.807) is 12.4 Å². The quantitative estimate of drug-likeness (QED) is 0.360. The molecule has 0 bridgehead atoms. The molecule has 3 aromatic heterocycles. The van der Waals surface area contributed by atoms with Gasteiger partial charge in [-0.15, -0.1) is 0 Å². The molecule has 182 valence electrons.